The molecular weight excluding hydrogens is 456 g/mol. The van der Waals surface area contributed by atoms with Gasteiger partial charge in [0.1, 0.15) is 17.2 Å². The van der Waals surface area contributed by atoms with E-state index in [1.807, 2.05) is 0 Å². The summed E-state index contributed by atoms with van der Waals surface area (Å²) in [5.74, 6) is -2.69. The van der Waals surface area contributed by atoms with Gasteiger partial charge in [-0.25, -0.2) is 9.37 Å². The van der Waals surface area contributed by atoms with E-state index in [0.717, 1.165) is 18.6 Å². The van der Waals surface area contributed by atoms with Gasteiger partial charge < -0.3 is 21.7 Å². The quantitative estimate of drug-likeness (QED) is 0.345. The number of nitrogens with zero attached hydrogens (tertiary/aromatic N) is 2. The number of benzene rings is 1. The van der Waals surface area contributed by atoms with E-state index in [1.54, 1.807) is 6.92 Å². The first-order valence-electron chi connectivity index (χ1n) is 10.6. The van der Waals surface area contributed by atoms with Gasteiger partial charge in [0.2, 0.25) is 17.8 Å². The molecule has 3 rings (SSSR count). The van der Waals surface area contributed by atoms with Gasteiger partial charge >= 0.3 is 6.18 Å². The SMILES string of the molecule is C/C=C/C(=O)Nc1cc(F)ccc1Nc1nc(N[C@H]2CCC[C@@H](C(N)=O)C2)ncc1C(F)(F)F. The predicted molar refractivity (Wildman–Crippen MR) is 119 cm³/mol. The molecule has 0 bridgehead atoms. The summed E-state index contributed by atoms with van der Waals surface area (Å²) >= 11 is 0. The lowest BCUT2D eigenvalue weighted by atomic mass is 9.85. The molecule has 2 aromatic rings. The van der Waals surface area contributed by atoms with Gasteiger partial charge in [-0.2, -0.15) is 18.2 Å². The molecule has 1 aromatic carbocycles. The van der Waals surface area contributed by atoms with Crippen molar-refractivity contribution in [1.29, 1.82) is 0 Å². The molecule has 182 valence electrons. The molecule has 2 atom stereocenters. The number of alkyl halides is 3. The van der Waals surface area contributed by atoms with E-state index in [2.05, 4.69) is 25.9 Å². The fourth-order valence-electron chi connectivity index (χ4n) is 3.70. The molecule has 0 spiro atoms. The van der Waals surface area contributed by atoms with Crippen molar-refractivity contribution in [2.45, 2.75) is 44.8 Å². The molecular formula is C22H24F4N6O2. The number of hydrogen-bond acceptors (Lipinski definition) is 6. The van der Waals surface area contributed by atoms with E-state index in [1.165, 1.54) is 18.2 Å². The first-order valence-corrected chi connectivity index (χ1v) is 10.6. The number of carbonyl (C=O) groups is 2. The van der Waals surface area contributed by atoms with E-state index >= 15 is 0 Å². The van der Waals surface area contributed by atoms with Crippen LogP contribution in [0.1, 0.15) is 38.2 Å². The van der Waals surface area contributed by atoms with Crippen molar-refractivity contribution >= 4 is 35.0 Å². The van der Waals surface area contributed by atoms with Gasteiger partial charge in [0.05, 0.1) is 11.4 Å². The topological polar surface area (TPSA) is 122 Å². The molecule has 8 nitrogen and oxygen atoms in total. The van der Waals surface area contributed by atoms with Crippen LogP contribution >= 0.6 is 0 Å². The van der Waals surface area contributed by atoms with Crippen LogP contribution < -0.4 is 21.7 Å². The van der Waals surface area contributed by atoms with Crippen molar-refractivity contribution in [2.75, 3.05) is 16.0 Å². The average Bonchev–Trinajstić information content (AvgIpc) is 2.75. The van der Waals surface area contributed by atoms with E-state index < -0.39 is 35.2 Å². The molecule has 0 unspecified atom stereocenters. The molecule has 0 radical (unpaired) electrons. The van der Waals surface area contributed by atoms with Gasteiger partial charge in [-0.15, -0.1) is 0 Å². The summed E-state index contributed by atoms with van der Waals surface area (Å²) in [6, 6.07) is 2.96. The maximum Gasteiger partial charge on any atom is 0.421 e. The lowest BCUT2D eigenvalue weighted by Gasteiger charge is -2.28. The number of carbonyl (C=O) groups excluding carboxylic acids is 2. The molecule has 1 saturated carbocycles. The van der Waals surface area contributed by atoms with E-state index in [0.29, 0.717) is 25.5 Å². The van der Waals surface area contributed by atoms with Crippen molar-refractivity contribution in [3.63, 3.8) is 0 Å². The number of aromatic nitrogens is 2. The Bertz CT molecular complexity index is 1090. The van der Waals surface area contributed by atoms with Crippen LogP contribution in [0, 0.1) is 11.7 Å². The Hall–Kier alpha value is -3.70. The summed E-state index contributed by atoms with van der Waals surface area (Å²) in [6.45, 7) is 1.60. The highest BCUT2D eigenvalue weighted by Crippen LogP contribution is 2.37. The minimum atomic E-state index is -4.78. The van der Waals surface area contributed by atoms with Gasteiger partial charge in [0.15, 0.2) is 0 Å². The first-order chi connectivity index (χ1) is 16.1. The molecule has 5 N–H and O–H groups in total. The maximum absolute atomic E-state index is 13.8. The third kappa shape index (κ3) is 6.42. The van der Waals surface area contributed by atoms with Crippen LogP contribution in [0.2, 0.25) is 0 Å². The third-order valence-electron chi connectivity index (χ3n) is 5.31. The molecule has 0 saturated heterocycles. The second-order valence-electron chi connectivity index (χ2n) is 7.86. The summed E-state index contributed by atoms with van der Waals surface area (Å²) in [7, 11) is 0. The fraction of sp³-hybridized carbons (Fsp3) is 0.364. The largest absolute Gasteiger partial charge is 0.421 e. The minimum Gasteiger partial charge on any atom is -0.369 e. The summed E-state index contributed by atoms with van der Waals surface area (Å²) in [5, 5.41) is 7.92. The zero-order chi connectivity index (χ0) is 24.9. The highest BCUT2D eigenvalue weighted by atomic mass is 19.4. The number of nitrogens with one attached hydrogen (secondary N) is 3. The standard InChI is InChI=1S/C22H24F4N6O2/c1-2-4-18(33)30-17-10-13(23)7-8-16(17)31-20-15(22(24,25)26)11-28-21(32-20)29-14-6-3-5-12(9-14)19(27)34/h2,4,7-8,10-12,14H,3,5-6,9H2,1H3,(H2,27,34)(H,30,33)(H2,28,29,31,32)/b4-2+/t12-,14+/m1/s1. The number of allylic oxidation sites excluding steroid dienone is 1. The number of halogens is 4. The van der Waals surface area contributed by atoms with E-state index in [-0.39, 0.29) is 29.3 Å². The molecule has 34 heavy (non-hydrogen) atoms. The Morgan fingerprint density at radius 3 is 2.65 bits per heavy atom. The van der Waals surface area contributed by atoms with Gasteiger partial charge in [-0.1, -0.05) is 12.5 Å². The van der Waals surface area contributed by atoms with Crippen molar-refractivity contribution in [3.8, 4) is 0 Å². The fourth-order valence-corrected chi connectivity index (χ4v) is 3.70. The number of nitrogens with two attached hydrogens (primary N) is 1. The van der Waals surface area contributed by atoms with Gasteiger partial charge in [-0.3, -0.25) is 9.59 Å². The highest BCUT2D eigenvalue weighted by Gasteiger charge is 2.36. The molecule has 1 aromatic heterocycles. The molecule has 1 aliphatic rings. The summed E-state index contributed by atoms with van der Waals surface area (Å²) < 4.78 is 54.6. The predicted octanol–water partition coefficient (Wildman–Crippen LogP) is 4.35. The molecule has 2 amide bonds. The van der Waals surface area contributed by atoms with Crippen molar-refractivity contribution in [2.24, 2.45) is 11.7 Å². The smallest absolute Gasteiger partial charge is 0.369 e. The second-order valence-corrected chi connectivity index (χ2v) is 7.86. The van der Waals surface area contributed by atoms with Crippen LogP contribution in [0.4, 0.5) is 40.7 Å². The van der Waals surface area contributed by atoms with E-state index in [4.69, 9.17) is 5.73 Å². The molecule has 1 fully saturated rings. The third-order valence-corrected chi connectivity index (χ3v) is 5.31. The zero-order valence-corrected chi connectivity index (χ0v) is 18.2. The number of rotatable bonds is 7. The van der Waals surface area contributed by atoms with Crippen molar-refractivity contribution < 1.29 is 27.2 Å². The number of hydrogen-bond donors (Lipinski definition) is 4. The Morgan fingerprint density at radius 2 is 1.97 bits per heavy atom. The highest BCUT2D eigenvalue weighted by molar-refractivity contribution is 6.01. The Kier molecular flexibility index (Phi) is 7.69. The van der Waals surface area contributed by atoms with Crippen LogP contribution in [-0.2, 0) is 15.8 Å². The van der Waals surface area contributed by atoms with Gasteiger partial charge in [0, 0.05) is 18.2 Å². The van der Waals surface area contributed by atoms with Crippen LogP contribution in [0.5, 0.6) is 0 Å². The van der Waals surface area contributed by atoms with Crippen LogP contribution in [0.25, 0.3) is 0 Å². The van der Waals surface area contributed by atoms with Crippen molar-refractivity contribution in [1.82, 2.24) is 9.97 Å². The first kappa shape index (κ1) is 24.9. The number of anilines is 4. The Morgan fingerprint density at radius 1 is 1.21 bits per heavy atom. The maximum atomic E-state index is 13.8. The number of primary amides is 1. The molecule has 1 aliphatic carbocycles. The molecule has 0 aliphatic heterocycles. The van der Waals surface area contributed by atoms with Gasteiger partial charge in [0.25, 0.3) is 0 Å². The average molecular weight is 480 g/mol. The molecule has 12 heteroatoms. The van der Waals surface area contributed by atoms with Crippen LogP contribution in [0.3, 0.4) is 0 Å². The summed E-state index contributed by atoms with van der Waals surface area (Å²) in [6.07, 6.45) is 0.969. The van der Waals surface area contributed by atoms with Crippen molar-refractivity contribution in [3.05, 3.63) is 47.9 Å². The second kappa shape index (κ2) is 10.5. The minimum absolute atomic E-state index is 0.000798. The summed E-state index contributed by atoms with van der Waals surface area (Å²) in [4.78, 5) is 31.2. The Labute approximate surface area is 193 Å². The zero-order valence-electron chi connectivity index (χ0n) is 18.2. The monoisotopic (exact) mass is 480 g/mol. The van der Waals surface area contributed by atoms with Crippen LogP contribution in [0.15, 0.2) is 36.5 Å². The number of amides is 2. The summed E-state index contributed by atoms with van der Waals surface area (Å²) in [5.41, 5.74) is 4.17. The normalized spacial score (nSPS) is 18.5. The van der Waals surface area contributed by atoms with Gasteiger partial charge in [-0.05, 0) is 50.5 Å². The van der Waals surface area contributed by atoms with Crippen LogP contribution in [-0.4, -0.2) is 27.8 Å². The Balaban J connectivity index is 1.91. The van der Waals surface area contributed by atoms with E-state index in [9.17, 15) is 27.2 Å². The lowest BCUT2D eigenvalue weighted by molar-refractivity contribution is -0.137. The lowest BCUT2D eigenvalue weighted by Crippen LogP contribution is -2.34. The molecule has 1 heterocycles.